The van der Waals surface area contributed by atoms with Crippen molar-refractivity contribution in [1.82, 2.24) is 19.4 Å². The largest absolute Gasteiger partial charge is 0.465 e. The van der Waals surface area contributed by atoms with Crippen LogP contribution in [0.3, 0.4) is 0 Å². The molecule has 1 N–H and O–H groups in total. The molecule has 1 atom stereocenters. The molecule has 1 saturated heterocycles. The molecule has 0 spiro atoms. The van der Waals surface area contributed by atoms with Crippen LogP contribution in [0.15, 0.2) is 53.3 Å². The minimum Gasteiger partial charge on any atom is -0.465 e. The summed E-state index contributed by atoms with van der Waals surface area (Å²) in [7, 11) is 1.21. The molecule has 12 heteroatoms. The van der Waals surface area contributed by atoms with Crippen molar-refractivity contribution in [3.8, 4) is 16.9 Å². The average Bonchev–Trinajstić information content (AvgIpc) is 2.93. The number of halogens is 2. The molecule has 1 aliphatic heterocycles. The summed E-state index contributed by atoms with van der Waals surface area (Å²) in [6.45, 7) is 3.91. The number of methoxy groups -OCH3 is 1. The smallest absolute Gasteiger partial charge is 0.407 e. The van der Waals surface area contributed by atoms with E-state index in [0.717, 1.165) is 10.6 Å². The quantitative estimate of drug-likeness (QED) is 0.380. The summed E-state index contributed by atoms with van der Waals surface area (Å²) in [4.78, 5) is 49.7. The molecule has 0 bridgehead atoms. The zero-order chi connectivity index (χ0) is 28.7. The van der Waals surface area contributed by atoms with Crippen LogP contribution in [0.25, 0.3) is 28.0 Å². The average molecular weight is 550 g/mol. The van der Waals surface area contributed by atoms with E-state index >= 15 is 4.39 Å². The second-order valence-electron chi connectivity index (χ2n) is 9.46. The minimum atomic E-state index is -1.07. The molecular weight excluding hydrogens is 524 g/mol. The molecule has 2 aromatic heterocycles. The molecule has 10 nitrogen and oxygen atoms in total. The third kappa shape index (κ3) is 4.51. The minimum absolute atomic E-state index is 0.0537. The number of nitrogens with zero attached hydrogens (tertiary/aromatic N) is 5. The highest BCUT2D eigenvalue weighted by molar-refractivity contribution is 5.96. The van der Waals surface area contributed by atoms with Crippen LogP contribution in [0.2, 0.25) is 0 Å². The van der Waals surface area contributed by atoms with Crippen LogP contribution in [0.5, 0.6) is 0 Å². The summed E-state index contributed by atoms with van der Waals surface area (Å²) in [5.74, 6) is -2.16. The number of amides is 1. The van der Waals surface area contributed by atoms with Crippen LogP contribution in [-0.4, -0.2) is 69.4 Å². The standard InChI is InChI=1S/C28H25F2N5O5/c1-15-7-6-9-18(26(36)40-3)23(15)35-25-19(13-21(30)22(31-25)17-8-4-5-10-20(17)29)24(32-27(35)37)34-12-11-33(28(38)39)14-16(34)2/h4-10,13,16H,11-12,14H2,1-3H3,(H,38,39). The number of carbonyl (C=O) groups is 2. The number of piperazine rings is 1. The number of rotatable bonds is 4. The second kappa shape index (κ2) is 10.4. The molecular formula is C28H25F2N5O5. The number of aryl methyl sites for hydroxylation is 1. The van der Waals surface area contributed by atoms with Gasteiger partial charge in [-0.15, -0.1) is 0 Å². The first-order chi connectivity index (χ1) is 19.1. The van der Waals surface area contributed by atoms with E-state index < -0.39 is 35.4 Å². The first-order valence-electron chi connectivity index (χ1n) is 12.4. The first kappa shape index (κ1) is 26.7. The number of esters is 1. The lowest BCUT2D eigenvalue weighted by Crippen LogP contribution is -2.54. The van der Waals surface area contributed by atoms with E-state index in [1.54, 1.807) is 30.9 Å². The van der Waals surface area contributed by atoms with E-state index in [1.807, 2.05) is 0 Å². The van der Waals surface area contributed by atoms with Gasteiger partial charge >= 0.3 is 17.8 Å². The normalized spacial score (nSPS) is 15.4. The molecule has 5 rings (SSSR count). The molecule has 3 heterocycles. The van der Waals surface area contributed by atoms with E-state index in [-0.39, 0.29) is 59.0 Å². The van der Waals surface area contributed by atoms with Gasteiger partial charge in [-0.1, -0.05) is 24.3 Å². The Hall–Kier alpha value is -4.87. The van der Waals surface area contributed by atoms with E-state index in [1.165, 1.54) is 42.3 Å². The van der Waals surface area contributed by atoms with Gasteiger partial charge in [-0.3, -0.25) is 0 Å². The maximum Gasteiger partial charge on any atom is 0.407 e. The lowest BCUT2D eigenvalue weighted by atomic mass is 10.1. The third-order valence-electron chi connectivity index (χ3n) is 6.97. The first-order valence-corrected chi connectivity index (χ1v) is 12.4. The van der Waals surface area contributed by atoms with Gasteiger partial charge in [0.1, 0.15) is 23.1 Å². The highest BCUT2D eigenvalue weighted by Crippen LogP contribution is 2.33. The molecule has 0 saturated carbocycles. The van der Waals surface area contributed by atoms with Gasteiger partial charge in [0.25, 0.3) is 0 Å². The lowest BCUT2D eigenvalue weighted by molar-refractivity contribution is 0.0600. The van der Waals surface area contributed by atoms with Crippen LogP contribution in [0.4, 0.5) is 19.4 Å². The predicted octanol–water partition coefficient (Wildman–Crippen LogP) is 4.01. The Bertz CT molecular complexity index is 1720. The van der Waals surface area contributed by atoms with Crippen molar-refractivity contribution in [2.45, 2.75) is 19.9 Å². The molecule has 0 aliphatic carbocycles. The fourth-order valence-electron chi connectivity index (χ4n) is 5.04. The van der Waals surface area contributed by atoms with Crippen LogP contribution < -0.4 is 10.6 Å². The number of carbonyl (C=O) groups excluding carboxylic acids is 1. The lowest BCUT2D eigenvalue weighted by Gasteiger charge is -2.39. The number of fused-ring (bicyclic) bond motifs is 1. The van der Waals surface area contributed by atoms with Crippen molar-refractivity contribution >= 4 is 28.9 Å². The number of para-hydroxylation sites is 1. The molecule has 1 unspecified atom stereocenters. The number of hydrogen-bond donors (Lipinski definition) is 1. The zero-order valence-electron chi connectivity index (χ0n) is 21.9. The van der Waals surface area contributed by atoms with Gasteiger partial charge in [-0.05, 0) is 43.7 Å². The summed E-state index contributed by atoms with van der Waals surface area (Å²) in [6.07, 6.45) is -1.07. The number of aromatic nitrogens is 3. The molecule has 4 aromatic rings. The van der Waals surface area contributed by atoms with E-state index in [2.05, 4.69) is 9.97 Å². The van der Waals surface area contributed by atoms with Gasteiger partial charge in [0.2, 0.25) is 0 Å². The maximum atomic E-state index is 15.7. The van der Waals surface area contributed by atoms with Crippen molar-refractivity contribution in [2.24, 2.45) is 0 Å². The molecule has 1 aliphatic rings. The summed E-state index contributed by atoms with van der Waals surface area (Å²) >= 11 is 0. The Labute approximate surface area is 227 Å². The molecule has 40 heavy (non-hydrogen) atoms. The summed E-state index contributed by atoms with van der Waals surface area (Å²) < 4.78 is 36.4. The van der Waals surface area contributed by atoms with Crippen LogP contribution in [0.1, 0.15) is 22.8 Å². The number of pyridine rings is 1. The maximum absolute atomic E-state index is 15.7. The van der Waals surface area contributed by atoms with Crippen molar-refractivity contribution in [3.05, 3.63) is 81.8 Å². The molecule has 2 aromatic carbocycles. The third-order valence-corrected chi connectivity index (χ3v) is 6.97. The fourth-order valence-corrected chi connectivity index (χ4v) is 5.04. The van der Waals surface area contributed by atoms with Crippen molar-refractivity contribution in [2.75, 3.05) is 31.6 Å². The molecule has 0 radical (unpaired) electrons. The topological polar surface area (TPSA) is 118 Å². The summed E-state index contributed by atoms with van der Waals surface area (Å²) in [5, 5.41) is 9.55. The zero-order valence-corrected chi connectivity index (χ0v) is 21.9. The van der Waals surface area contributed by atoms with Crippen molar-refractivity contribution in [1.29, 1.82) is 0 Å². The number of benzene rings is 2. The molecule has 1 fully saturated rings. The second-order valence-corrected chi connectivity index (χ2v) is 9.46. The van der Waals surface area contributed by atoms with Crippen molar-refractivity contribution in [3.63, 3.8) is 0 Å². The van der Waals surface area contributed by atoms with Crippen LogP contribution >= 0.6 is 0 Å². The Kier molecular flexibility index (Phi) is 6.92. The number of hydrogen-bond acceptors (Lipinski definition) is 7. The number of ether oxygens (including phenoxy) is 1. The van der Waals surface area contributed by atoms with Gasteiger partial charge in [0.15, 0.2) is 5.65 Å². The Morgan fingerprint density at radius 1 is 1.05 bits per heavy atom. The van der Waals surface area contributed by atoms with Crippen LogP contribution in [0, 0.1) is 18.6 Å². The SMILES string of the molecule is COC(=O)c1cccc(C)c1-n1c(=O)nc(N2CCN(C(=O)O)CC2C)c2cc(F)c(-c3ccccc3F)nc21. The van der Waals surface area contributed by atoms with Gasteiger partial charge < -0.3 is 19.6 Å². The summed E-state index contributed by atoms with van der Waals surface area (Å²) in [6, 6.07) is 11.1. The van der Waals surface area contributed by atoms with E-state index in [4.69, 9.17) is 4.74 Å². The molecule has 1 amide bonds. The van der Waals surface area contributed by atoms with Gasteiger partial charge in [-0.25, -0.2) is 32.7 Å². The summed E-state index contributed by atoms with van der Waals surface area (Å²) in [5.41, 5.74) is -0.583. The van der Waals surface area contributed by atoms with Gasteiger partial charge in [0, 0.05) is 31.2 Å². The van der Waals surface area contributed by atoms with Crippen molar-refractivity contribution < 1.29 is 28.2 Å². The predicted molar refractivity (Wildman–Crippen MR) is 143 cm³/mol. The molecule has 206 valence electrons. The number of anilines is 1. The Morgan fingerprint density at radius 3 is 2.48 bits per heavy atom. The number of carboxylic acid groups (broad SMARTS) is 1. The fraction of sp³-hybridized carbons (Fsp3) is 0.250. The highest BCUT2D eigenvalue weighted by Gasteiger charge is 2.31. The van der Waals surface area contributed by atoms with E-state index in [9.17, 15) is 23.9 Å². The van der Waals surface area contributed by atoms with Crippen LogP contribution in [-0.2, 0) is 4.74 Å². The monoisotopic (exact) mass is 549 g/mol. The Morgan fingerprint density at radius 2 is 1.80 bits per heavy atom. The highest BCUT2D eigenvalue weighted by atomic mass is 19.1. The van der Waals surface area contributed by atoms with E-state index in [0.29, 0.717) is 5.56 Å². The van der Waals surface area contributed by atoms with Gasteiger partial charge in [-0.2, -0.15) is 4.98 Å². The Balaban J connectivity index is 1.84. The van der Waals surface area contributed by atoms with Gasteiger partial charge in [0.05, 0.1) is 23.7 Å².